The Morgan fingerprint density at radius 1 is 0.931 bits per heavy atom. The molecule has 0 aromatic heterocycles. The predicted octanol–water partition coefficient (Wildman–Crippen LogP) is 5.21. The summed E-state index contributed by atoms with van der Waals surface area (Å²) in [5.74, 6) is -0.284. The second kappa shape index (κ2) is 8.86. The van der Waals surface area contributed by atoms with Gasteiger partial charge in [0.05, 0.1) is 18.5 Å². The first kappa shape index (κ1) is 21.2. The molecule has 0 spiro atoms. The molecule has 0 aliphatic heterocycles. The summed E-state index contributed by atoms with van der Waals surface area (Å²) in [5.41, 5.74) is 2.25. The number of anilines is 2. The van der Waals surface area contributed by atoms with Crippen LogP contribution >= 0.6 is 23.2 Å². The van der Waals surface area contributed by atoms with Gasteiger partial charge in [0.2, 0.25) is 10.0 Å². The van der Waals surface area contributed by atoms with Crippen molar-refractivity contribution in [2.45, 2.75) is 6.54 Å². The summed E-state index contributed by atoms with van der Waals surface area (Å²) >= 11 is 11.9. The molecule has 0 unspecified atom stereocenters. The van der Waals surface area contributed by atoms with Crippen molar-refractivity contribution in [3.63, 3.8) is 0 Å². The third-order valence-electron chi connectivity index (χ3n) is 4.12. The molecule has 29 heavy (non-hydrogen) atoms. The number of carbonyl (C=O) groups excluding carboxylic acids is 1. The van der Waals surface area contributed by atoms with E-state index in [0.717, 1.165) is 11.8 Å². The lowest BCUT2D eigenvalue weighted by molar-refractivity contribution is 0.102. The number of amides is 1. The second-order valence-corrected chi connectivity index (χ2v) is 9.19. The number of carbonyl (C=O) groups is 1. The Kier molecular flexibility index (Phi) is 6.47. The molecule has 1 amide bonds. The quantitative estimate of drug-likeness (QED) is 0.562. The van der Waals surface area contributed by atoms with Crippen LogP contribution in [0.25, 0.3) is 0 Å². The van der Waals surface area contributed by atoms with Gasteiger partial charge in [-0.05, 0) is 54.1 Å². The molecule has 5 nitrogen and oxygen atoms in total. The van der Waals surface area contributed by atoms with E-state index in [-0.39, 0.29) is 12.5 Å². The second-order valence-electron chi connectivity index (χ2n) is 6.41. The summed E-state index contributed by atoms with van der Waals surface area (Å²) in [6, 6.07) is 20.2. The molecule has 0 heterocycles. The van der Waals surface area contributed by atoms with Gasteiger partial charge in [-0.25, -0.2) is 8.42 Å². The fraction of sp³-hybridized carbons (Fsp3) is 0.0952. The van der Waals surface area contributed by atoms with Gasteiger partial charge in [0.25, 0.3) is 5.91 Å². The van der Waals surface area contributed by atoms with Gasteiger partial charge in [-0.15, -0.1) is 0 Å². The third kappa shape index (κ3) is 5.73. The van der Waals surface area contributed by atoms with Crippen LogP contribution in [0.15, 0.2) is 72.8 Å². The largest absolute Gasteiger partial charge is 0.322 e. The molecular formula is C21H18Cl2N2O3S. The molecule has 1 N–H and O–H groups in total. The van der Waals surface area contributed by atoms with E-state index in [9.17, 15) is 13.2 Å². The van der Waals surface area contributed by atoms with Gasteiger partial charge in [0.1, 0.15) is 0 Å². The number of sulfonamides is 1. The lowest BCUT2D eigenvalue weighted by Gasteiger charge is -2.22. The molecular weight excluding hydrogens is 431 g/mol. The first-order valence-electron chi connectivity index (χ1n) is 8.61. The van der Waals surface area contributed by atoms with Crippen molar-refractivity contribution in [3.05, 3.63) is 94.0 Å². The van der Waals surface area contributed by atoms with Crippen molar-refractivity contribution < 1.29 is 13.2 Å². The maximum Gasteiger partial charge on any atom is 0.255 e. The van der Waals surface area contributed by atoms with Crippen LogP contribution in [-0.2, 0) is 16.6 Å². The number of halogens is 2. The number of nitrogens with one attached hydrogen (secondary N) is 1. The fourth-order valence-electron chi connectivity index (χ4n) is 2.73. The van der Waals surface area contributed by atoms with Gasteiger partial charge < -0.3 is 5.32 Å². The van der Waals surface area contributed by atoms with E-state index >= 15 is 0 Å². The summed E-state index contributed by atoms with van der Waals surface area (Å²) in [6.45, 7) is 0.120. The molecule has 0 aliphatic carbocycles. The zero-order valence-electron chi connectivity index (χ0n) is 15.5. The third-order valence-corrected chi connectivity index (χ3v) is 5.73. The van der Waals surface area contributed by atoms with E-state index in [1.54, 1.807) is 72.8 Å². The summed E-state index contributed by atoms with van der Waals surface area (Å²) in [4.78, 5) is 12.4. The van der Waals surface area contributed by atoms with Crippen molar-refractivity contribution in [3.8, 4) is 0 Å². The van der Waals surface area contributed by atoms with Crippen LogP contribution in [0.1, 0.15) is 15.9 Å². The van der Waals surface area contributed by atoms with Crippen LogP contribution in [0.5, 0.6) is 0 Å². The maximum absolute atomic E-state index is 12.4. The van der Waals surface area contributed by atoms with Gasteiger partial charge in [0.15, 0.2) is 0 Å². The highest BCUT2D eigenvalue weighted by molar-refractivity contribution is 7.92. The highest BCUT2D eigenvalue weighted by Crippen LogP contribution is 2.24. The molecule has 0 atom stereocenters. The lowest BCUT2D eigenvalue weighted by atomic mass is 10.1. The van der Waals surface area contributed by atoms with Crippen molar-refractivity contribution >= 4 is 50.5 Å². The standard InChI is InChI=1S/C21H18Cl2N2O3S/c1-29(27,28)25(20-7-3-5-18(23)13-20)14-15-8-10-16(11-9-15)21(26)24-19-6-2-4-17(22)12-19/h2-13H,14H2,1H3,(H,24,26). The average molecular weight is 449 g/mol. The van der Waals surface area contributed by atoms with Crippen LogP contribution in [-0.4, -0.2) is 20.6 Å². The molecule has 0 saturated heterocycles. The number of benzene rings is 3. The molecule has 0 fully saturated rings. The first-order chi connectivity index (χ1) is 13.7. The van der Waals surface area contributed by atoms with E-state index in [4.69, 9.17) is 23.2 Å². The van der Waals surface area contributed by atoms with E-state index in [1.165, 1.54) is 4.31 Å². The van der Waals surface area contributed by atoms with E-state index in [2.05, 4.69) is 5.32 Å². The summed E-state index contributed by atoms with van der Waals surface area (Å²) in [6.07, 6.45) is 1.14. The van der Waals surface area contributed by atoms with E-state index < -0.39 is 10.0 Å². The number of nitrogens with zero attached hydrogens (tertiary/aromatic N) is 1. The smallest absolute Gasteiger partial charge is 0.255 e. The van der Waals surface area contributed by atoms with Gasteiger partial charge in [-0.1, -0.05) is 47.5 Å². The SMILES string of the molecule is CS(=O)(=O)N(Cc1ccc(C(=O)Nc2cccc(Cl)c2)cc1)c1cccc(Cl)c1. The first-order valence-corrected chi connectivity index (χ1v) is 11.2. The molecule has 0 aliphatic rings. The molecule has 0 saturated carbocycles. The predicted molar refractivity (Wildman–Crippen MR) is 118 cm³/mol. The van der Waals surface area contributed by atoms with E-state index in [1.807, 2.05) is 0 Å². The van der Waals surface area contributed by atoms with Crippen LogP contribution in [0.3, 0.4) is 0 Å². The molecule has 150 valence electrons. The van der Waals surface area contributed by atoms with Crippen LogP contribution < -0.4 is 9.62 Å². The lowest BCUT2D eigenvalue weighted by Crippen LogP contribution is -2.29. The maximum atomic E-state index is 12.4. The van der Waals surface area contributed by atoms with Crippen LogP contribution in [0.4, 0.5) is 11.4 Å². The monoisotopic (exact) mass is 448 g/mol. The highest BCUT2D eigenvalue weighted by Gasteiger charge is 2.18. The molecule has 3 rings (SSSR count). The number of hydrogen-bond donors (Lipinski definition) is 1. The minimum atomic E-state index is -3.52. The van der Waals surface area contributed by atoms with Crippen molar-refractivity contribution in [1.82, 2.24) is 0 Å². The summed E-state index contributed by atoms with van der Waals surface area (Å²) < 4.78 is 25.8. The minimum Gasteiger partial charge on any atom is -0.322 e. The number of rotatable bonds is 6. The van der Waals surface area contributed by atoms with Crippen molar-refractivity contribution in [1.29, 1.82) is 0 Å². The Morgan fingerprint density at radius 2 is 1.55 bits per heavy atom. The Hall–Kier alpha value is -2.54. The Labute approximate surface area is 179 Å². The van der Waals surface area contributed by atoms with Crippen LogP contribution in [0.2, 0.25) is 10.0 Å². The normalized spacial score (nSPS) is 11.1. The molecule has 3 aromatic carbocycles. The molecule has 3 aromatic rings. The van der Waals surface area contributed by atoms with Gasteiger partial charge in [-0.3, -0.25) is 9.10 Å². The van der Waals surface area contributed by atoms with Gasteiger partial charge in [0, 0.05) is 21.3 Å². The fourth-order valence-corrected chi connectivity index (χ4v) is 3.98. The Morgan fingerprint density at radius 3 is 2.14 bits per heavy atom. The molecule has 0 radical (unpaired) electrons. The van der Waals surface area contributed by atoms with Crippen molar-refractivity contribution in [2.75, 3.05) is 15.9 Å². The zero-order valence-corrected chi connectivity index (χ0v) is 17.8. The van der Waals surface area contributed by atoms with Gasteiger partial charge >= 0.3 is 0 Å². The molecule has 8 heteroatoms. The topological polar surface area (TPSA) is 66.5 Å². The summed E-state index contributed by atoms with van der Waals surface area (Å²) in [7, 11) is -3.52. The van der Waals surface area contributed by atoms with Crippen LogP contribution in [0, 0.1) is 0 Å². The van der Waals surface area contributed by atoms with Crippen molar-refractivity contribution in [2.24, 2.45) is 0 Å². The highest BCUT2D eigenvalue weighted by atomic mass is 35.5. The molecule has 0 bridgehead atoms. The Bertz CT molecular complexity index is 1130. The number of hydrogen-bond acceptors (Lipinski definition) is 3. The summed E-state index contributed by atoms with van der Waals surface area (Å²) in [5, 5.41) is 3.75. The van der Waals surface area contributed by atoms with Gasteiger partial charge in [-0.2, -0.15) is 0 Å². The Balaban J connectivity index is 1.77. The minimum absolute atomic E-state index is 0.120. The average Bonchev–Trinajstić information content (AvgIpc) is 2.65. The van der Waals surface area contributed by atoms with E-state index in [0.29, 0.717) is 27.0 Å². The zero-order chi connectivity index (χ0) is 21.0.